The maximum atomic E-state index is 11.8. The monoisotopic (exact) mass is 350 g/mol. The molecule has 0 saturated heterocycles. The Morgan fingerprint density at radius 3 is 2.85 bits per heavy atom. The quantitative estimate of drug-likeness (QED) is 0.839. The van der Waals surface area contributed by atoms with Gasteiger partial charge in [0.2, 0.25) is 6.79 Å². The highest BCUT2D eigenvalue weighted by Gasteiger charge is 2.69. The number of hydrogen-bond donors (Lipinski definition) is 1. The van der Waals surface area contributed by atoms with Crippen molar-refractivity contribution in [1.82, 2.24) is 0 Å². The van der Waals surface area contributed by atoms with Crippen LogP contribution in [0.3, 0.4) is 0 Å². The molecule has 5 aliphatic carbocycles. The third-order valence-electron chi connectivity index (χ3n) is 7.74. The molecule has 1 heterocycles. The van der Waals surface area contributed by atoms with Gasteiger partial charge in [-0.3, -0.25) is 4.79 Å². The van der Waals surface area contributed by atoms with Gasteiger partial charge in [0.1, 0.15) is 0 Å². The van der Waals surface area contributed by atoms with Crippen molar-refractivity contribution in [2.45, 2.75) is 12.8 Å². The number of ether oxygens (including phenoxy) is 2. The smallest absolute Gasteiger partial charge is 0.307 e. The molecule has 6 aliphatic rings. The van der Waals surface area contributed by atoms with Crippen molar-refractivity contribution in [3.8, 4) is 11.5 Å². The van der Waals surface area contributed by atoms with Gasteiger partial charge in [0, 0.05) is 0 Å². The van der Waals surface area contributed by atoms with Crippen LogP contribution in [-0.4, -0.2) is 17.9 Å². The van der Waals surface area contributed by atoms with Crippen LogP contribution >= 0.6 is 0 Å². The average Bonchev–Trinajstić information content (AvgIpc) is 3.17. The van der Waals surface area contributed by atoms with Crippen LogP contribution < -0.4 is 9.47 Å². The van der Waals surface area contributed by atoms with Crippen molar-refractivity contribution < 1.29 is 19.4 Å². The summed E-state index contributed by atoms with van der Waals surface area (Å²) in [5, 5.41) is 9.73. The number of carbonyl (C=O) groups is 1. The number of carboxylic acid groups (broad SMARTS) is 1. The molecule has 8 atom stereocenters. The SMILES string of the molecule is O=C(O)C1C2C=CC3C1CC1C(C/C=C/c4ccc5c(c4)OCO5)C2C31. The molecule has 8 unspecified atom stereocenters. The summed E-state index contributed by atoms with van der Waals surface area (Å²) in [6.45, 7) is 0.303. The molecule has 0 spiro atoms. The van der Waals surface area contributed by atoms with E-state index < -0.39 is 5.97 Å². The van der Waals surface area contributed by atoms with Crippen molar-refractivity contribution in [1.29, 1.82) is 0 Å². The van der Waals surface area contributed by atoms with E-state index in [-0.39, 0.29) is 11.8 Å². The minimum Gasteiger partial charge on any atom is -0.481 e. The van der Waals surface area contributed by atoms with Gasteiger partial charge in [-0.1, -0.05) is 30.4 Å². The molecule has 1 N–H and O–H groups in total. The van der Waals surface area contributed by atoms with E-state index in [9.17, 15) is 9.90 Å². The molecule has 4 nitrogen and oxygen atoms in total. The highest BCUT2D eigenvalue weighted by Crippen LogP contribution is 2.72. The molecule has 26 heavy (non-hydrogen) atoms. The summed E-state index contributed by atoms with van der Waals surface area (Å²) >= 11 is 0. The fourth-order valence-corrected chi connectivity index (χ4v) is 6.91. The fourth-order valence-electron chi connectivity index (χ4n) is 6.91. The van der Waals surface area contributed by atoms with Gasteiger partial charge < -0.3 is 14.6 Å². The van der Waals surface area contributed by atoms with E-state index in [2.05, 4.69) is 30.4 Å². The Hall–Kier alpha value is -2.23. The van der Waals surface area contributed by atoms with Crippen molar-refractivity contribution in [3.05, 3.63) is 42.0 Å². The van der Waals surface area contributed by atoms with E-state index in [0.29, 0.717) is 30.5 Å². The first-order valence-corrected chi connectivity index (χ1v) is 9.70. The summed E-state index contributed by atoms with van der Waals surface area (Å²) < 4.78 is 10.8. The van der Waals surface area contributed by atoms with E-state index >= 15 is 0 Å². The molecule has 4 heteroatoms. The third-order valence-corrected chi connectivity index (χ3v) is 7.74. The summed E-state index contributed by atoms with van der Waals surface area (Å²) in [4.78, 5) is 11.8. The van der Waals surface area contributed by atoms with E-state index in [0.717, 1.165) is 41.7 Å². The number of carboxylic acids is 1. The number of rotatable bonds is 4. The minimum atomic E-state index is -0.574. The first-order valence-electron chi connectivity index (χ1n) is 9.70. The molecular formula is C22H22O4. The van der Waals surface area contributed by atoms with Gasteiger partial charge in [0.05, 0.1) is 5.92 Å². The van der Waals surface area contributed by atoms with E-state index in [1.165, 1.54) is 0 Å². The van der Waals surface area contributed by atoms with Crippen LogP contribution in [-0.2, 0) is 4.79 Å². The first kappa shape index (κ1) is 14.9. The highest BCUT2D eigenvalue weighted by atomic mass is 16.7. The maximum Gasteiger partial charge on any atom is 0.307 e. The Labute approximate surface area is 152 Å². The predicted octanol–water partition coefficient (Wildman–Crippen LogP) is 3.83. The summed E-state index contributed by atoms with van der Waals surface area (Å²) in [7, 11) is 0. The lowest BCUT2D eigenvalue weighted by molar-refractivity contribution is -0.154. The summed E-state index contributed by atoms with van der Waals surface area (Å²) in [5.41, 5.74) is 1.13. The third kappa shape index (κ3) is 1.82. The van der Waals surface area contributed by atoms with Gasteiger partial charge >= 0.3 is 5.97 Å². The standard InChI is InChI=1S/C22H22O4/c23-22(24)21-14-6-5-13-16(21)9-15-12(19(14)20(13)15)3-1-2-11-4-7-17-18(8-11)26-10-25-17/h1-2,4-8,12-16,19-21H,3,9-10H2,(H,23,24)/b2-1+. The molecule has 3 saturated carbocycles. The summed E-state index contributed by atoms with van der Waals surface area (Å²) in [5.74, 6) is 4.81. The van der Waals surface area contributed by atoms with Crippen molar-refractivity contribution >= 4 is 12.0 Å². The molecule has 134 valence electrons. The van der Waals surface area contributed by atoms with Crippen LogP contribution in [0.2, 0.25) is 0 Å². The molecule has 1 aliphatic heterocycles. The zero-order valence-electron chi connectivity index (χ0n) is 14.5. The largest absolute Gasteiger partial charge is 0.481 e. The van der Waals surface area contributed by atoms with Crippen LogP contribution in [0.5, 0.6) is 11.5 Å². The molecule has 7 rings (SSSR count). The molecule has 4 bridgehead atoms. The van der Waals surface area contributed by atoms with E-state index in [4.69, 9.17) is 9.47 Å². The molecule has 1 aromatic carbocycles. The molecule has 0 radical (unpaired) electrons. The Balaban J connectivity index is 1.21. The fraction of sp³-hybridized carbons (Fsp3) is 0.500. The van der Waals surface area contributed by atoms with Crippen molar-refractivity contribution in [2.75, 3.05) is 6.79 Å². The van der Waals surface area contributed by atoms with E-state index in [1.807, 2.05) is 12.1 Å². The van der Waals surface area contributed by atoms with Crippen LogP contribution in [0, 0.1) is 47.3 Å². The predicted molar refractivity (Wildman–Crippen MR) is 95.5 cm³/mol. The van der Waals surface area contributed by atoms with Gasteiger partial charge in [0.25, 0.3) is 0 Å². The Kier molecular flexibility index (Phi) is 2.95. The zero-order valence-corrected chi connectivity index (χ0v) is 14.5. The number of hydrogen-bond acceptors (Lipinski definition) is 3. The number of allylic oxidation sites excluding steroid dienone is 3. The number of fused-ring (bicyclic) bond motifs is 1. The zero-order chi connectivity index (χ0) is 17.4. The van der Waals surface area contributed by atoms with Crippen LogP contribution in [0.15, 0.2) is 36.4 Å². The van der Waals surface area contributed by atoms with Gasteiger partial charge in [-0.25, -0.2) is 0 Å². The van der Waals surface area contributed by atoms with Crippen LogP contribution in [0.1, 0.15) is 18.4 Å². The van der Waals surface area contributed by atoms with E-state index in [1.54, 1.807) is 0 Å². The highest BCUT2D eigenvalue weighted by molar-refractivity contribution is 5.72. The lowest BCUT2D eigenvalue weighted by Gasteiger charge is -2.58. The first-order chi connectivity index (χ1) is 12.7. The summed E-state index contributed by atoms with van der Waals surface area (Å²) in [6, 6.07) is 6.04. The summed E-state index contributed by atoms with van der Waals surface area (Å²) in [6.07, 6.45) is 11.2. The Morgan fingerprint density at radius 1 is 1.12 bits per heavy atom. The van der Waals surface area contributed by atoms with Gasteiger partial charge in [0.15, 0.2) is 11.5 Å². The topological polar surface area (TPSA) is 55.8 Å². The Bertz CT molecular complexity index is 841. The van der Waals surface area contributed by atoms with Crippen molar-refractivity contribution in [3.63, 3.8) is 0 Å². The molecule has 0 aromatic heterocycles. The van der Waals surface area contributed by atoms with Crippen LogP contribution in [0.4, 0.5) is 0 Å². The van der Waals surface area contributed by atoms with Gasteiger partial charge in [-0.15, -0.1) is 0 Å². The van der Waals surface area contributed by atoms with Gasteiger partial charge in [-0.05, 0) is 72.0 Å². The normalized spacial score (nSPS) is 43.1. The average molecular weight is 350 g/mol. The second-order valence-corrected chi connectivity index (χ2v) is 8.54. The molecule has 3 fully saturated rings. The molecule has 0 amide bonds. The second-order valence-electron chi connectivity index (χ2n) is 8.54. The molecule has 1 aromatic rings. The minimum absolute atomic E-state index is 0.140. The van der Waals surface area contributed by atoms with Crippen LogP contribution in [0.25, 0.3) is 6.08 Å². The van der Waals surface area contributed by atoms with Gasteiger partial charge in [-0.2, -0.15) is 0 Å². The van der Waals surface area contributed by atoms with Crippen molar-refractivity contribution in [2.24, 2.45) is 47.3 Å². The number of benzene rings is 1. The lowest BCUT2D eigenvalue weighted by atomic mass is 9.45. The lowest BCUT2D eigenvalue weighted by Crippen LogP contribution is -2.56. The Morgan fingerprint density at radius 2 is 1.96 bits per heavy atom. The number of aliphatic carboxylic acids is 1. The maximum absolute atomic E-state index is 11.8. The molecular weight excluding hydrogens is 328 g/mol. The second kappa shape index (κ2) is 5.15.